The lowest BCUT2D eigenvalue weighted by molar-refractivity contribution is -0.126. The van der Waals surface area contributed by atoms with Gasteiger partial charge in [0.15, 0.2) is 0 Å². The minimum atomic E-state index is -0.666. The zero-order valence-electron chi connectivity index (χ0n) is 15.2. The van der Waals surface area contributed by atoms with Crippen LogP contribution in [0.3, 0.4) is 0 Å². The van der Waals surface area contributed by atoms with Crippen molar-refractivity contribution in [1.82, 2.24) is 10.3 Å². The maximum absolute atomic E-state index is 13.2. The van der Waals surface area contributed by atoms with Gasteiger partial charge in [-0.25, -0.2) is 9.38 Å². The van der Waals surface area contributed by atoms with Crippen LogP contribution in [-0.2, 0) is 27.3 Å². The molecule has 2 aromatic rings. The molecule has 0 saturated carbocycles. The Kier molecular flexibility index (Phi) is 5.59. The number of likely N-dealkylation sites (N-methyl/N-ethyl adjacent to an activating group) is 1. The second-order valence-electron chi connectivity index (χ2n) is 6.30. The molecule has 1 unspecified atom stereocenters. The highest BCUT2D eigenvalue weighted by molar-refractivity contribution is 5.97. The maximum Gasteiger partial charge on any atom is 0.227 e. The first-order chi connectivity index (χ1) is 13.0. The number of carbonyl (C=O) groups excluding carboxylic acids is 2. The molecular formula is C20H20FN3O3. The number of fused-ring (bicyclic) bond motifs is 1. The molecule has 0 fully saturated rings. The Hall–Kier alpha value is -3.09. The highest BCUT2D eigenvalue weighted by atomic mass is 19.1. The van der Waals surface area contributed by atoms with E-state index in [-0.39, 0.29) is 30.3 Å². The van der Waals surface area contributed by atoms with Gasteiger partial charge in [0.05, 0.1) is 25.1 Å². The number of hydrogen-bond acceptors (Lipinski definition) is 5. The fourth-order valence-electron chi connectivity index (χ4n) is 3.12. The fourth-order valence-corrected chi connectivity index (χ4v) is 3.12. The van der Waals surface area contributed by atoms with Crippen molar-refractivity contribution in [2.45, 2.75) is 25.3 Å². The van der Waals surface area contributed by atoms with Gasteiger partial charge in [-0.2, -0.15) is 0 Å². The van der Waals surface area contributed by atoms with Crippen LogP contribution in [0.1, 0.15) is 34.7 Å². The topological polar surface area (TPSA) is 80.7 Å². The second kappa shape index (κ2) is 8.07. The summed E-state index contributed by atoms with van der Waals surface area (Å²) in [5.41, 5.74) is 3.03. The second-order valence-corrected chi connectivity index (χ2v) is 6.30. The van der Waals surface area contributed by atoms with E-state index >= 15 is 0 Å². The third-order valence-corrected chi connectivity index (χ3v) is 4.51. The zero-order chi connectivity index (χ0) is 19.4. The van der Waals surface area contributed by atoms with E-state index in [9.17, 15) is 14.0 Å². The smallest absolute Gasteiger partial charge is 0.227 e. The third kappa shape index (κ3) is 4.19. The van der Waals surface area contributed by atoms with Gasteiger partial charge in [0.1, 0.15) is 11.6 Å². The number of ketones is 1. The van der Waals surface area contributed by atoms with Crippen LogP contribution in [0.2, 0.25) is 0 Å². The van der Waals surface area contributed by atoms with Crippen LogP contribution in [0.25, 0.3) is 0 Å². The number of nitrogens with one attached hydrogen (secondary N) is 1. The summed E-state index contributed by atoms with van der Waals surface area (Å²) >= 11 is 0. The minimum absolute atomic E-state index is 0.0177. The Morgan fingerprint density at radius 3 is 2.70 bits per heavy atom. The normalized spacial score (nSPS) is 13.5. The summed E-state index contributed by atoms with van der Waals surface area (Å²) in [6, 6.07) is 7.46. The third-order valence-electron chi connectivity index (χ3n) is 4.51. The number of methoxy groups -OCH3 is 1. The van der Waals surface area contributed by atoms with Crippen molar-refractivity contribution >= 4 is 17.6 Å². The lowest BCUT2D eigenvalue weighted by atomic mass is 9.91. The molecule has 0 spiro atoms. The van der Waals surface area contributed by atoms with Gasteiger partial charge in [0.2, 0.25) is 11.8 Å². The molecule has 1 aromatic carbocycles. The van der Waals surface area contributed by atoms with Crippen molar-refractivity contribution in [2.75, 3.05) is 14.2 Å². The summed E-state index contributed by atoms with van der Waals surface area (Å²) < 4.78 is 18.3. The average Bonchev–Trinajstić information content (AvgIpc) is 3.08. The molecule has 2 heterocycles. The summed E-state index contributed by atoms with van der Waals surface area (Å²) in [4.78, 5) is 33.3. The highest BCUT2D eigenvalue weighted by Crippen LogP contribution is 2.23. The van der Waals surface area contributed by atoms with Gasteiger partial charge in [-0.1, -0.05) is 12.1 Å². The number of nitrogens with zero attached hydrogens (tertiary/aromatic N) is 2. The van der Waals surface area contributed by atoms with Crippen LogP contribution in [-0.4, -0.2) is 36.7 Å². The van der Waals surface area contributed by atoms with Crippen molar-refractivity contribution < 1.29 is 18.7 Å². The Bertz CT molecular complexity index is 894. The summed E-state index contributed by atoms with van der Waals surface area (Å²) in [5, 5.41) is 2.56. The Morgan fingerprint density at radius 2 is 2.04 bits per heavy atom. The molecule has 1 amide bonds. The van der Waals surface area contributed by atoms with Crippen molar-refractivity contribution in [1.29, 1.82) is 0 Å². The number of amides is 1. The summed E-state index contributed by atoms with van der Waals surface area (Å²) in [5.74, 6) is -0.908. The van der Waals surface area contributed by atoms with Crippen LogP contribution in [0.15, 0.2) is 41.5 Å². The van der Waals surface area contributed by atoms with E-state index in [1.165, 1.54) is 31.3 Å². The number of hydrogen-bond donors (Lipinski definition) is 1. The molecule has 140 valence electrons. The number of halogens is 1. The van der Waals surface area contributed by atoms with Crippen molar-refractivity contribution in [3.63, 3.8) is 0 Å². The van der Waals surface area contributed by atoms with Crippen LogP contribution < -0.4 is 5.32 Å². The quantitative estimate of drug-likeness (QED) is 0.846. The summed E-state index contributed by atoms with van der Waals surface area (Å²) in [7, 11) is 3.07. The molecule has 6 nitrogen and oxygen atoms in total. The van der Waals surface area contributed by atoms with E-state index in [1.807, 2.05) is 6.07 Å². The Morgan fingerprint density at radius 1 is 1.30 bits per heavy atom. The predicted octanol–water partition coefficient (Wildman–Crippen LogP) is 2.16. The van der Waals surface area contributed by atoms with Gasteiger partial charge in [-0.15, -0.1) is 0 Å². The van der Waals surface area contributed by atoms with E-state index in [4.69, 9.17) is 4.74 Å². The Labute approximate surface area is 156 Å². The van der Waals surface area contributed by atoms with Gasteiger partial charge in [-0.3, -0.25) is 14.6 Å². The molecule has 1 N–H and O–H groups in total. The van der Waals surface area contributed by atoms with Gasteiger partial charge >= 0.3 is 0 Å². The standard InChI is InChI=1S/C20H20FN3O3/c1-22-19(26)17(12-3-5-14(21)6-4-12)9-16(25)8-15-7-13-10-24-20(27-2)18(13)11-23-15/h3-7,11,17H,8-10H2,1-2H3,(H,22,26). The molecule has 27 heavy (non-hydrogen) atoms. The molecule has 1 aliphatic heterocycles. The van der Waals surface area contributed by atoms with Gasteiger partial charge < -0.3 is 10.1 Å². The van der Waals surface area contributed by atoms with Gasteiger partial charge in [-0.05, 0) is 29.3 Å². The predicted molar refractivity (Wildman–Crippen MR) is 98.0 cm³/mol. The first-order valence-corrected chi connectivity index (χ1v) is 8.57. The highest BCUT2D eigenvalue weighted by Gasteiger charge is 2.24. The van der Waals surface area contributed by atoms with Crippen molar-refractivity contribution in [2.24, 2.45) is 4.99 Å². The van der Waals surface area contributed by atoms with E-state index in [1.54, 1.807) is 13.3 Å². The number of Topliss-reactive ketones (excluding diaryl/α,β-unsaturated/α-hetero) is 1. The Balaban J connectivity index is 1.71. The zero-order valence-corrected chi connectivity index (χ0v) is 15.2. The average molecular weight is 369 g/mol. The van der Waals surface area contributed by atoms with Crippen LogP contribution in [0.4, 0.5) is 4.39 Å². The molecule has 1 aliphatic rings. The van der Waals surface area contributed by atoms with E-state index < -0.39 is 5.92 Å². The number of aromatic nitrogens is 1. The van der Waals surface area contributed by atoms with Crippen molar-refractivity contribution in [3.05, 3.63) is 64.7 Å². The molecule has 3 rings (SSSR count). The summed E-state index contributed by atoms with van der Waals surface area (Å²) in [6.45, 7) is 0.499. The molecule has 0 bridgehead atoms. The molecule has 0 radical (unpaired) electrons. The molecule has 0 saturated heterocycles. The lowest BCUT2D eigenvalue weighted by Crippen LogP contribution is -2.28. The van der Waals surface area contributed by atoms with Crippen LogP contribution in [0, 0.1) is 5.82 Å². The van der Waals surface area contributed by atoms with E-state index in [2.05, 4.69) is 15.3 Å². The van der Waals surface area contributed by atoms with Gasteiger partial charge in [0.25, 0.3) is 0 Å². The first kappa shape index (κ1) is 18.7. The molecule has 1 atom stereocenters. The largest absolute Gasteiger partial charge is 0.481 e. The minimum Gasteiger partial charge on any atom is -0.481 e. The fraction of sp³-hybridized carbons (Fsp3) is 0.300. The summed E-state index contributed by atoms with van der Waals surface area (Å²) in [6.07, 6.45) is 1.79. The number of rotatable bonds is 6. The van der Waals surface area contributed by atoms with Gasteiger partial charge in [0, 0.05) is 31.8 Å². The number of aliphatic imine (C=N–C) groups is 1. The first-order valence-electron chi connectivity index (χ1n) is 8.57. The van der Waals surface area contributed by atoms with Crippen molar-refractivity contribution in [3.8, 4) is 0 Å². The molecule has 0 aliphatic carbocycles. The van der Waals surface area contributed by atoms with E-state index in [0.29, 0.717) is 23.7 Å². The number of benzene rings is 1. The number of carbonyl (C=O) groups is 2. The molecule has 1 aromatic heterocycles. The number of pyridine rings is 1. The maximum atomic E-state index is 13.2. The monoisotopic (exact) mass is 369 g/mol. The van der Waals surface area contributed by atoms with Crippen LogP contribution >= 0.6 is 0 Å². The number of ether oxygens (including phenoxy) is 1. The lowest BCUT2D eigenvalue weighted by Gasteiger charge is -2.15. The molecular weight excluding hydrogens is 349 g/mol. The van der Waals surface area contributed by atoms with E-state index in [0.717, 1.165) is 11.1 Å². The molecule has 7 heteroatoms. The van der Waals surface area contributed by atoms with Crippen LogP contribution in [0.5, 0.6) is 0 Å². The SMILES string of the molecule is CNC(=O)C(CC(=O)Cc1cc2c(cn1)C(OC)=NC2)c1ccc(F)cc1.